The van der Waals surface area contributed by atoms with Crippen molar-refractivity contribution < 1.29 is 5.11 Å². The quantitative estimate of drug-likeness (QED) is 0.802. The topological polar surface area (TPSA) is 39.6 Å². The smallest absolute Gasteiger partial charge is 0.115 e. The van der Waals surface area contributed by atoms with Crippen molar-refractivity contribution in [2.24, 2.45) is 0 Å². The van der Waals surface area contributed by atoms with Gasteiger partial charge in [-0.1, -0.05) is 12.1 Å². The van der Waals surface area contributed by atoms with E-state index in [0.29, 0.717) is 5.75 Å². The molecule has 1 aliphatic rings. The molecule has 1 fully saturated rings. The number of piperazine rings is 1. The van der Waals surface area contributed by atoms with Crippen molar-refractivity contribution in [3.63, 3.8) is 0 Å². The Morgan fingerprint density at radius 1 is 0.957 bits per heavy atom. The number of nitrogens with zero attached hydrogens (tertiary/aromatic N) is 3. The minimum absolute atomic E-state index is 0.322. The van der Waals surface area contributed by atoms with E-state index in [2.05, 4.69) is 28.0 Å². The number of phenolic OH excluding ortho intramolecular Hbond substituents is 1. The van der Waals surface area contributed by atoms with Crippen molar-refractivity contribution in [2.45, 2.75) is 6.54 Å². The van der Waals surface area contributed by atoms with Crippen LogP contribution in [0, 0.1) is 0 Å². The molecule has 23 heavy (non-hydrogen) atoms. The van der Waals surface area contributed by atoms with Crippen LogP contribution in [0.2, 0.25) is 0 Å². The van der Waals surface area contributed by atoms with Gasteiger partial charge in [0, 0.05) is 31.9 Å². The minimum Gasteiger partial charge on any atom is -0.508 e. The molecule has 0 aliphatic carbocycles. The fraction of sp³-hybridized carbons (Fsp3) is 0.278. The van der Waals surface area contributed by atoms with Crippen LogP contribution in [0.25, 0.3) is 10.2 Å². The van der Waals surface area contributed by atoms with Crippen molar-refractivity contribution in [1.29, 1.82) is 0 Å². The lowest BCUT2D eigenvalue weighted by molar-refractivity contribution is 0.249. The van der Waals surface area contributed by atoms with E-state index in [4.69, 9.17) is 4.98 Å². The van der Waals surface area contributed by atoms with E-state index in [1.54, 1.807) is 23.5 Å². The number of hydrogen-bond donors (Lipinski definition) is 1. The van der Waals surface area contributed by atoms with Crippen LogP contribution >= 0.6 is 11.3 Å². The predicted octanol–water partition coefficient (Wildman–Crippen LogP) is 3.32. The summed E-state index contributed by atoms with van der Waals surface area (Å²) in [7, 11) is 0. The molecule has 5 heteroatoms. The van der Waals surface area contributed by atoms with Crippen molar-refractivity contribution in [1.82, 2.24) is 9.88 Å². The van der Waals surface area contributed by atoms with Gasteiger partial charge in [0.25, 0.3) is 0 Å². The molecule has 1 aromatic heterocycles. The first kappa shape index (κ1) is 14.5. The molecule has 0 unspecified atom stereocenters. The van der Waals surface area contributed by atoms with Crippen LogP contribution < -0.4 is 4.90 Å². The standard InChI is InChI=1S/C18H19N3OS/c22-15-7-5-14(6-8-15)21-11-9-20(10-12-21)13-18-19-16-3-1-2-4-17(16)23-18/h1-8,22H,9-13H2. The van der Waals surface area contributed by atoms with Crippen molar-refractivity contribution in [3.05, 3.63) is 53.5 Å². The first-order valence-corrected chi connectivity index (χ1v) is 8.70. The average Bonchev–Trinajstić information content (AvgIpc) is 2.98. The van der Waals surface area contributed by atoms with Gasteiger partial charge in [-0.15, -0.1) is 11.3 Å². The Kier molecular flexibility index (Phi) is 3.89. The monoisotopic (exact) mass is 325 g/mol. The maximum atomic E-state index is 9.39. The first-order chi connectivity index (χ1) is 11.3. The molecule has 0 spiro atoms. The van der Waals surface area contributed by atoms with E-state index in [-0.39, 0.29) is 0 Å². The zero-order valence-corrected chi connectivity index (χ0v) is 13.7. The number of thiazole rings is 1. The van der Waals surface area contributed by atoms with Crippen molar-refractivity contribution in [3.8, 4) is 5.75 Å². The number of benzene rings is 2. The van der Waals surface area contributed by atoms with E-state index in [1.807, 2.05) is 18.2 Å². The highest BCUT2D eigenvalue weighted by Gasteiger charge is 2.18. The maximum absolute atomic E-state index is 9.39. The zero-order chi connectivity index (χ0) is 15.6. The number of hydrogen-bond acceptors (Lipinski definition) is 5. The number of para-hydroxylation sites is 1. The van der Waals surface area contributed by atoms with Crippen molar-refractivity contribution in [2.75, 3.05) is 31.1 Å². The van der Waals surface area contributed by atoms with Gasteiger partial charge in [0.1, 0.15) is 10.8 Å². The molecule has 1 N–H and O–H groups in total. The van der Waals surface area contributed by atoms with Crippen LogP contribution in [0.3, 0.4) is 0 Å². The minimum atomic E-state index is 0.322. The summed E-state index contributed by atoms with van der Waals surface area (Å²) in [4.78, 5) is 9.57. The molecule has 0 amide bonds. The Labute approximate surface area is 139 Å². The number of aromatic hydroxyl groups is 1. The third-order valence-electron chi connectivity index (χ3n) is 4.28. The molecule has 1 aliphatic heterocycles. The van der Waals surface area contributed by atoms with Crippen molar-refractivity contribution >= 4 is 27.2 Å². The number of aromatic nitrogens is 1. The number of anilines is 1. The predicted molar refractivity (Wildman–Crippen MR) is 95.2 cm³/mol. The Morgan fingerprint density at radius 3 is 2.43 bits per heavy atom. The molecule has 0 radical (unpaired) electrons. The van der Waals surface area contributed by atoms with E-state index in [1.165, 1.54) is 15.4 Å². The average molecular weight is 325 g/mol. The molecule has 4 nitrogen and oxygen atoms in total. The van der Waals surface area contributed by atoms with Gasteiger partial charge in [-0.3, -0.25) is 4.90 Å². The lowest BCUT2D eigenvalue weighted by Crippen LogP contribution is -2.45. The number of fused-ring (bicyclic) bond motifs is 1. The molecular formula is C18H19N3OS. The first-order valence-electron chi connectivity index (χ1n) is 7.89. The summed E-state index contributed by atoms with van der Waals surface area (Å²) >= 11 is 1.80. The van der Waals surface area contributed by atoms with Crippen LogP contribution in [0.1, 0.15) is 5.01 Å². The highest BCUT2D eigenvalue weighted by Crippen LogP contribution is 2.24. The van der Waals surface area contributed by atoms with Crippen LogP contribution in [0.4, 0.5) is 5.69 Å². The molecule has 118 valence electrons. The highest BCUT2D eigenvalue weighted by molar-refractivity contribution is 7.18. The summed E-state index contributed by atoms with van der Waals surface area (Å²) in [6, 6.07) is 15.8. The van der Waals surface area contributed by atoms with Gasteiger partial charge < -0.3 is 10.0 Å². The summed E-state index contributed by atoms with van der Waals surface area (Å²) in [6.07, 6.45) is 0. The second kappa shape index (κ2) is 6.18. The zero-order valence-electron chi connectivity index (χ0n) is 12.9. The second-order valence-electron chi connectivity index (χ2n) is 5.85. The van der Waals surface area contributed by atoms with Gasteiger partial charge in [-0.25, -0.2) is 4.98 Å². The molecule has 3 aromatic rings. The second-order valence-corrected chi connectivity index (χ2v) is 6.97. The summed E-state index contributed by atoms with van der Waals surface area (Å²) in [6.45, 7) is 5.03. The van der Waals surface area contributed by atoms with Crippen LogP contribution in [0.15, 0.2) is 48.5 Å². The van der Waals surface area contributed by atoms with Crippen LogP contribution in [0.5, 0.6) is 5.75 Å². The molecule has 2 aromatic carbocycles. The Balaban J connectivity index is 1.38. The lowest BCUT2D eigenvalue weighted by Gasteiger charge is -2.35. The molecular weight excluding hydrogens is 306 g/mol. The van der Waals surface area contributed by atoms with E-state index >= 15 is 0 Å². The van der Waals surface area contributed by atoms with Gasteiger partial charge in [0.2, 0.25) is 0 Å². The van der Waals surface area contributed by atoms with E-state index < -0.39 is 0 Å². The van der Waals surface area contributed by atoms with Crippen LogP contribution in [-0.2, 0) is 6.54 Å². The SMILES string of the molecule is Oc1ccc(N2CCN(Cc3nc4ccccc4s3)CC2)cc1. The van der Waals surface area contributed by atoms with E-state index in [0.717, 1.165) is 38.2 Å². The summed E-state index contributed by atoms with van der Waals surface area (Å²) in [5, 5.41) is 10.6. The summed E-state index contributed by atoms with van der Waals surface area (Å²) < 4.78 is 1.27. The number of rotatable bonds is 3. The maximum Gasteiger partial charge on any atom is 0.115 e. The highest BCUT2D eigenvalue weighted by atomic mass is 32.1. The van der Waals surface area contributed by atoms with Gasteiger partial charge in [-0.05, 0) is 36.4 Å². The summed E-state index contributed by atoms with van der Waals surface area (Å²) in [5.74, 6) is 0.322. The molecule has 1 saturated heterocycles. The van der Waals surface area contributed by atoms with Gasteiger partial charge in [0.05, 0.1) is 16.8 Å². The van der Waals surface area contributed by atoms with E-state index in [9.17, 15) is 5.11 Å². The summed E-state index contributed by atoms with van der Waals surface area (Å²) in [5.41, 5.74) is 2.29. The Bertz CT molecular complexity index is 758. The largest absolute Gasteiger partial charge is 0.508 e. The third kappa shape index (κ3) is 3.16. The lowest BCUT2D eigenvalue weighted by atomic mass is 10.2. The molecule has 0 saturated carbocycles. The molecule has 2 heterocycles. The van der Waals surface area contributed by atoms with Crippen LogP contribution in [-0.4, -0.2) is 41.2 Å². The fourth-order valence-corrected chi connectivity index (χ4v) is 4.02. The molecule has 0 bridgehead atoms. The normalized spacial score (nSPS) is 16.1. The third-order valence-corrected chi connectivity index (χ3v) is 5.31. The van der Waals surface area contributed by atoms with Gasteiger partial charge in [-0.2, -0.15) is 0 Å². The Hall–Kier alpha value is -2.11. The van der Waals surface area contributed by atoms with Gasteiger partial charge >= 0.3 is 0 Å². The fourth-order valence-electron chi connectivity index (χ4n) is 3.01. The number of phenols is 1. The Morgan fingerprint density at radius 2 is 1.70 bits per heavy atom. The van der Waals surface area contributed by atoms with Gasteiger partial charge in [0.15, 0.2) is 0 Å². The molecule has 0 atom stereocenters. The molecule has 4 rings (SSSR count).